The number of hydrogen-bond acceptors (Lipinski definition) is 5. The van der Waals surface area contributed by atoms with E-state index in [-0.39, 0.29) is 16.5 Å². The molecular formula is C23H25N6O+. The van der Waals surface area contributed by atoms with E-state index in [9.17, 15) is 4.79 Å². The maximum absolute atomic E-state index is 12.6. The fourth-order valence-corrected chi connectivity index (χ4v) is 3.53. The van der Waals surface area contributed by atoms with Crippen LogP contribution in [-0.4, -0.2) is 22.2 Å². The third-order valence-corrected chi connectivity index (χ3v) is 5.06. The van der Waals surface area contributed by atoms with Gasteiger partial charge in [0.15, 0.2) is 5.69 Å². The summed E-state index contributed by atoms with van der Waals surface area (Å²) < 4.78 is -0.0636. The molecule has 4 rings (SSSR count). The number of aromatic nitrogens is 2. The number of carbonyl (C=O) groups is 1. The monoisotopic (exact) mass is 401 g/mol. The Balaban J connectivity index is 1.70. The molecule has 152 valence electrons. The van der Waals surface area contributed by atoms with Crippen molar-refractivity contribution in [2.45, 2.75) is 32.7 Å². The highest BCUT2D eigenvalue weighted by Crippen LogP contribution is 2.41. The summed E-state index contributed by atoms with van der Waals surface area (Å²) in [6, 6.07) is 19.7. The topological polar surface area (TPSA) is 79.3 Å². The molecule has 0 spiro atoms. The van der Waals surface area contributed by atoms with E-state index in [1.807, 2.05) is 49.4 Å². The molecule has 2 unspecified atom stereocenters. The molecule has 2 heterocycles. The minimum atomic E-state index is -0.0636. The number of nitrogens with zero attached hydrogens (tertiary/aromatic N) is 4. The van der Waals surface area contributed by atoms with Gasteiger partial charge in [-0.1, -0.05) is 54.0 Å². The van der Waals surface area contributed by atoms with Gasteiger partial charge >= 0.3 is 0 Å². The van der Waals surface area contributed by atoms with E-state index in [1.165, 1.54) is 0 Å². The van der Waals surface area contributed by atoms with E-state index in [0.717, 1.165) is 23.4 Å². The van der Waals surface area contributed by atoms with Crippen LogP contribution in [0.15, 0.2) is 71.9 Å². The predicted octanol–water partition coefficient (Wildman–Crippen LogP) is 4.79. The number of hydrogen-bond donors (Lipinski definition) is 2. The second-order valence-corrected chi connectivity index (χ2v) is 7.26. The Morgan fingerprint density at radius 1 is 1.07 bits per heavy atom. The molecule has 0 saturated carbocycles. The van der Waals surface area contributed by atoms with Crippen molar-refractivity contribution in [1.29, 1.82) is 0 Å². The van der Waals surface area contributed by atoms with Gasteiger partial charge in [-0.25, -0.2) is 4.98 Å². The van der Waals surface area contributed by atoms with Gasteiger partial charge in [-0.05, 0) is 25.0 Å². The lowest BCUT2D eigenvalue weighted by atomic mass is 10.1. The zero-order valence-corrected chi connectivity index (χ0v) is 17.1. The van der Waals surface area contributed by atoms with Gasteiger partial charge < -0.3 is 5.32 Å². The summed E-state index contributed by atoms with van der Waals surface area (Å²) in [5.74, 6) is 1.04. The number of fused-ring (bicyclic) bond motifs is 1. The van der Waals surface area contributed by atoms with Crippen molar-refractivity contribution in [2.75, 3.05) is 5.32 Å². The molecule has 2 N–H and O–H groups in total. The SMILES string of the molecule is CCCC(=O)N[N+]1(c2ccnc(NC(C)c3ccccc3)n2)C=Nc2ccccc21. The minimum Gasteiger partial charge on any atom is -0.348 e. The number of aliphatic imine (C=N–C) groups is 1. The first-order valence-electron chi connectivity index (χ1n) is 10.1. The van der Waals surface area contributed by atoms with Crippen molar-refractivity contribution >= 4 is 35.4 Å². The molecule has 30 heavy (non-hydrogen) atoms. The Labute approximate surface area is 176 Å². The Morgan fingerprint density at radius 3 is 2.63 bits per heavy atom. The van der Waals surface area contributed by atoms with Crippen molar-refractivity contribution in [3.8, 4) is 0 Å². The number of quaternary nitrogens is 1. The van der Waals surface area contributed by atoms with Gasteiger partial charge in [-0.2, -0.15) is 15.4 Å². The molecule has 0 radical (unpaired) electrons. The molecule has 2 aromatic carbocycles. The Hall–Kier alpha value is -3.58. The number of nitrogens with one attached hydrogen (secondary N) is 2. The van der Waals surface area contributed by atoms with E-state index in [4.69, 9.17) is 4.98 Å². The highest BCUT2D eigenvalue weighted by molar-refractivity contribution is 5.96. The summed E-state index contributed by atoms with van der Waals surface area (Å²) >= 11 is 0. The average molecular weight is 401 g/mol. The quantitative estimate of drug-likeness (QED) is 0.558. The number of rotatable bonds is 7. The maximum atomic E-state index is 12.6. The minimum absolute atomic E-state index is 0.0316. The molecule has 7 nitrogen and oxygen atoms in total. The Bertz CT molecular complexity index is 1070. The summed E-state index contributed by atoms with van der Waals surface area (Å²) in [5.41, 5.74) is 5.90. The Kier molecular flexibility index (Phi) is 5.54. The van der Waals surface area contributed by atoms with Crippen molar-refractivity contribution in [1.82, 2.24) is 20.0 Å². The summed E-state index contributed by atoms with van der Waals surface area (Å²) in [6.45, 7) is 4.04. The van der Waals surface area contributed by atoms with E-state index in [2.05, 4.69) is 39.8 Å². The number of anilines is 1. The number of para-hydroxylation sites is 2. The van der Waals surface area contributed by atoms with Crippen LogP contribution in [0.3, 0.4) is 0 Å². The molecule has 1 amide bonds. The summed E-state index contributed by atoms with van der Waals surface area (Å²) in [4.78, 5) is 26.3. The molecule has 0 bridgehead atoms. The van der Waals surface area contributed by atoms with Crippen LogP contribution in [0.2, 0.25) is 0 Å². The fraction of sp³-hybridized carbons (Fsp3) is 0.217. The van der Waals surface area contributed by atoms with Gasteiger partial charge in [0.05, 0.1) is 6.04 Å². The van der Waals surface area contributed by atoms with Gasteiger partial charge in [-0.15, -0.1) is 0 Å². The van der Waals surface area contributed by atoms with Crippen LogP contribution >= 0.6 is 0 Å². The predicted molar refractivity (Wildman–Crippen MR) is 120 cm³/mol. The summed E-state index contributed by atoms with van der Waals surface area (Å²) in [5, 5.41) is 3.35. The second-order valence-electron chi connectivity index (χ2n) is 7.26. The van der Waals surface area contributed by atoms with Crippen LogP contribution in [0.25, 0.3) is 0 Å². The molecular weight excluding hydrogens is 376 g/mol. The molecule has 0 saturated heterocycles. The Morgan fingerprint density at radius 2 is 1.83 bits per heavy atom. The standard InChI is InChI=1S/C23H24N6O/c1-3-9-22(30)28-29(16-25-19-12-7-8-13-20(19)29)21-14-15-24-23(27-21)26-17(2)18-10-5-4-6-11-18/h4-8,10-17H,3,9H2,1-2H3,(H-,24,26,27,28,30)/p+1. The van der Waals surface area contributed by atoms with Crippen LogP contribution in [0.1, 0.15) is 38.3 Å². The lowest BCUT2D eigenvalue weighted by Gasteiger charge is -2.28. The first-order valence-corrected chi connectivity index (χ1v) is 10.1. The lowest BCUT2D eigenvalue weighted by Crippen LogP contribution is -2.56. The smallest absolute Gasteiger partial charge is 0.268 e. The molecule has 2 atom stereocenters. The van der Waals surface area contributed by atoms with Gasteiger partial charge in [0.1, 0.15) is 5.69 Å². The molecule has 1 aliphatic rings. The van der Waals surface area contributed by atoms with Crippen LogP contribution in [0, 0.1) is 0 Å². The van der Waals surface area contributed by atoms with E-state index in [0.29, 0.717) is 18.2 Å². The highest BCUT2D eigenvalue weighted by atomic mass is 16.2. The molecule has 1 aliphatic heterocycles. The first kappa shape index (κ1) is 19.7. The summed E-state index contributed by atoms with van der Waals surface area (Å²) in [7, 11) is 0. The zero-order valence-electron chi connectivity index (χ0n) is 17.1. The van der Waals surface area contributed by atoms with E-state index < -0.39 is 0 Å². The molecule has 0 aliphatic carbocycles. The third-order valence-electron chi connectivity index (χ3n) is 5.06. The number of benzene rings is 2. The number of carbonyl (C=O) groups excluding carboxylic acids is 1. The zero-order chi connectivity index (χ0) is 21.0. The van der Waals surface area contributed by atoms with Crippen LogP contribution < -0.4 is 15.3 Å². The third kappa shape index (κ3) is 3.79. The fourth-order valence-electron chi connectivity index (χ4n) is 3.53. The molecule has 7 heteroatoms. The van der Waals surface area contributed by atoms with E-state index in [1.54, 1.807) is 18.6 Å². The summed E-state index contributed by atoms with van der Waals surface area (Å²) in [6.07, 6.45) is 4.60. The second kappa shape index (κ2) is 8.42. The van der Waals surface area contributed by atoms with Gasteiger partial charge in [0.2, 0.25) is 12.3 Å². The van der Waals surface area contributed by atoms with Crippen molar-refractivity contribution in [3.63, 3.8) is 0 Å². The van der Waals surface area contributed by atoms with Crippen molar-refractivity contribution in [3.05, 3.63) is 72.4 Å². The van der Waals surface area contributed by atoms with Crippen molar-refractivity contribution in [2.24, 2.45) is 4.99 Å². The first-order chi connectivity index (χ1) is 14.6. The van der Waals surface area contributed by atoms with E-state index >= 15 is 0 Å². The van der Waals surface area contributed by atoms with Crippen LogP contribution in [0.5, 0.6) is 0 Å². The maximum Gasteiger partial charge on any atom is 0.268 e. The van der Waals surface area contributed by atoms with Crippen LogP contribution in [-0.2, 0) is 4.79 Å². The lowest BCUT2D eigenvalue weighted by molar-refractivity contribution is -0.123. The highest BCUT2D eigenvalue weighted by Gasteiger charge is 2.42. The molecule has 0 fully saturated rings. The number of amides is 1. The van der Waals surface area contributed by atoms with Gasteiger partial charge in [-0.3, -0.25) is 4.79 Å². The van der Waals surface area contributed by atoms with Crippen molar-refractivity contribution < 1.29 is 4.79 Å². The molecule has 3 aromatic rings. The average Bonchev–Trinajstić information content (AvgIpc) is 3.14. The molecule has 1 aromatic heterocycles. The van der Waals surface area contributed by atoms with Gasteiger partial charge in [0, 0.05) is 24.8 Å². The van der Waals surface area contributed by atoms with Crippen LogP contribution in [0.4, 0.5) is 23.1 Å². The largest absolute Gasteiger partial charge is 0.348 e. The normalized spacial score (nSPS) is 17.9. The van der Waals surface area contributed by atoms with Gasteiger partial charge in [0.25, 0.3) is 11.7 Å².